The third-order valence-corrected chi connectivity index (χ3v) is 4.30. The van der Waals surface area contributed by atoms with Gasteiger partial charge in [0.1, 0.15) is 5.82 Å². The van der Waals surface area contributed by atoms with Crippen molar-refractivity contribution in [1.82, 2.24) is 9.80 Å². The molecule has 0 aliphatic carbocycles. The predicted molar refractivity (Wildman–Crippen MR) is 89.0 cm³/mol. The summed E-state index contributed by atoms with van der Waals surface area (Å²) in [4.78, 5) is 16.5. The summed E-state index contributed by atoms with van der Waals surface area (Å²) in [6.45, 7) is 3.64. The van der Waals surface area contributed by atoms with Crippen LogP contribution in [0.3, 0.4) is 0 Å². The van der Waals surface area contributed by atoms with E-state index in [0.717, 1.165) is 18.7 Å². The molecule has 5 heteroatoms. The quantitative estimate of drug-likeness (QED) is 0.859. The van der Waals surface area contributed by atoms with Gasteiger partial charge >= 0.3 is 0 Å². The smallest absolute Gasteiger partial charge is 0.253 e. The molecule has 0 aromatic heterocycles. The molecule has 1 amide bonds. The molecule has 2 aromatic rings. The van der Waals surface area contributed by atoms with Crippen molar-refractivity contribution in [3.63, 3.8) is 0 Å². The molecule has 1 saturated heterocycles. The van der Waals surface area contributed by atoms with E-state index in [4.69, 9.17) is 11.6 Å². The van der Waals surface area contributed by atoms with Gasteiger partial charge in [-0.25, -0.2) is 4.39 Å². The standard InChI is InChI=1S/C18H18ClFN2O/c19-16-6-4-15(5-7-16)18(23)22-10-8-21(9-11-22)13-14-2-1-3-17(20)12-14/h1-7,12H,8-11,13H2. The van der Waals surface area contributed by atoms with Gasteiger partial charge in [0.05, 0.1) is 0 Å². The molecular formula is C18H18ClFN2O. The molecule has 0 bridgehead atoms. The zero-order chi connectivity index (χ0) is 16.2. The number of hydrogen-bond donors (Lipinski definition) is 0. The molecule has 1 heterocycles. The maximum atomic E-state index is 13.2. The minimum absolute atomic E-state index is 0.0343. The van der Waals surface area contributed by atoms with Crippen LogP contribution in [0.2, 0.25) is 5.02 Å². The molecular weight excluding hydrogens is 315 g/mol. The van der Waals surface area contributed by atoms with Crippen LogP contribution >= 0.6 is 11.6 Å². The molecule has 1 fully saturated rings. The number of carbonyl (C=O) groups excluding carboxylic acids is 1. The highest BCUT2D eigenvalue weighted by Crippen LogP contribution is 2.14. The number of halogens is 2. The van der Waals surface area contributed by atoms with Gasteiger partial charge in [-0.05, 0) is 42.0 Å². The zero-order valence-corrected chi connectivity index (χ0v) is 13.5. The van der Waals surface area contributed by atoms with Crippen molar-refractivity contribution < 1.29 is 9.18 Å². The fourth-order valence-corrected chi connectivity index (χ4v) is 2.90. The summed E-state index contributed by atoms with van der Waals surface area (Å²) in [5, 5.41) is 0.626. The summed E-state index contributed by atoms with van der Waals surface area (Å²) in [5.74, 6) is -0.175. The lowest BCUT2D eigenvalue weighted by Crippen LogP contribution is -2.48. The van der Waals surface area contributed by atoms with E-state index in [1.54, 1.807) is 36.4 Å². The highest BCUT2D eigenvalue weighted by atomic mass is 35.5. The second-order valence-corrected chi connectivity index (χ2v) is 6.14. The zero-order valence-electron chi connectivity index (χ0n) is 12.7. The Morgan fingerprint density at radius 2 is 1.74 bits per heavy atom. The first-order valence-electron chi connectivity index (χ1n) is 7.63. The van der Waals surface area contributed by atoms with E-state index in [2.05, 4.69) is 4.90 Å². The van der Waals surface area contributed by atoms with Crippen LogP contribution in [0, 0.1) is 5.82 Å². The van der Waals surface area contributed by atoms with Crippen molar-refractivity contribution in [3.8, 4) is 0 Å². The largest absolute Gasteiger partial charge is 0.336 e. The summed E-state index contributed by atoms with van der Waals surface area (Å²) < 4.78 is 13.2. The van der Waals surface area contributed by atoms with Crippen molar-refractivity contribution in [2.24, 2.45) is 0 Å². The molecule has 120 valence electrons. The van der Waals surface area contributed by atoms with Gasteiger partial charge < -0.3 is 4.90 Å². The fraction of sp³-hybridized carbons (Fsp3) is 0.278. The van der Waals surface area contributed by atoms with Crippen LogP contribution in [0.15, 0.2) is 48.5 Å². The maximum absolute atomic E-state index is 13.2. The number of nitrogens with zero attached hydrogens (tertiary/aromatic N) is 2. The van der Waals surface area contributed by atoms with Crippen molar-refractivity contribution in [1.29, 1.82) is 0 Å². The van der Waals surface area contributed by atoms with E-state index in [1.807, 2.05) is 11.0 Å². The third kappa shape index (κ3) is 4.09. The first-order valence-corrected chi connectivity index (χ1v) is 8.01. The molecule has 23 heavy (non-hydrogen) atoms. The second kappa shape index (κ2) is 7.11. The molecule has 1 aliphatic heterocycles. The van der Waals surface area contributed by atoms with Crippen LogP contribution < -0.4 is 0 Å². The summed E-state index contributed by atoms with van der Waals surface area (Å²) in [6.07, 6.45) is 0. The lowest BCUT2D eigenvalue weighted by molar-refractivity contribution is 0.0628. The van der Waals surface area contributed by atoms with Gasteiger partial charge in [0, 0.05) is 43.3 Å². The van der Waals surface area contributed by atoms with Crippen LogP contribution in [0.25, 0.3) is 0 Å². The summed E-state index contributed by atoms with van der Waals surface area (Å²) in [5.41, 5.74) is 1.62. The number of benzene rings is 2. The highest BCUT2D eigenvalue weighted by Gasteiger charge is 2.22. The highest BCUT2D eigenvalue weighted by molar-refractivity contribution is 6.30. The second-order valence-electron chi connectivity index (χ2n) is 5.71. The number of piperazine rings is 1. The minimum Gasteiger partial charge on any atom is -0.336 e. The van der Waals surface area contributed by atoms with Crippen molar-refractivity contribution in [2.75, 3.05) is 26.2 Å². The van der Waals surface area contributed by atoms with Gasteiger partial charge in [-0.1, -0.05) is 23.7 Å². The van der Waals surface area contributed by atoms with Gasteiger partial charge in [0.15, 0.2) is 0 Å². The summed E-state index contributed by atoms with van der Waals surface area (Å²) in [7, 11) is 0. The Kier molecular flexibility index (Phi) is 4.94. The van der Waals surface area contributed by atoms with Gasteiger partial charge in [-0.2, -0.15) is 0 Å². The van der Waals surface area contributed by atoms with E-state index < -0.39 is 0 Å². The Morgan fingerprint density at radius 3 is 2.39 bits per heavy atom. The predicted octanol–water partition coefficient (Wildman–Crippen LogP) is 3.44. The Morgan fingerprint density at radius 1 is 1.04 bits per heavy atom. The third-order valence-electron chi connectivity index (χ3n) is 4.05. The van der Waals surface area contributed by atoms with Crippen molar-refractivity contribution in [3.05, 3.63) is 70.5 Å². The van der Waals surface area contributed by atoms with Crippen LogP contribution in [-0.2, 0) is 6.54 Å². The molecule has 0 spiro atoms. The molecule has 3 rings (SSSR count). The van der Waals surface area contributed by atoms with Crippen LogP contribution in [0.4, 0.5) is 4.39 Å². The molecule has 0 N–H and O–H groups in total. The summed E-state index contributed by atoms with van der Waals surface area (Å²) >= 11 is 5.85. The fourth-order valence-electron chi connectivity index (χ4n) is 2.78. The molecule has 1 aliphatic rings. The average molecular weight is 333 g/mol. The monoisotopic (exact) mass is 332 g/mol. The Bertz CT molecular complexity index is 682. The average Bonchev–Trinajstić information content (AvgIpc) is 2.56. The van der Waals surface area contributed by atoms with Crippen molar-refractivity contribution >= 4 is 17.5 Å². The van der Waals surface area contributed by atoms with Gasteiger partial charge in [-0.3, -0.25) is 9.69 Å². The topological polar surface area (TPSA) is 23.6 Å². The number of carbonyl (C=O) groups is 1. The molecule has 0 radical (unpaired) electrons. The van der Waals surface area contributed by atoms with Crippen LogP contribution in [-0.4, -0.2) is 41.9 Å². The lowest BCUT2D eigenvalue weighted by Gasteiger charge is -2.34. The van der Waals surface area contributed by atoms with E-state index in [-0.39, 0.29) is 11.7 Å². The first-order chi connectivity index (χ1) is 11.1. The Balaban J connectivity index is 1.55. The van der Waals surface area contributed by atoms with E-state index in [9.17, 15) is 9.18 Å². The Hall–Kier alpha value is -1.91. The summed E-state index contributed by atoms with van der Waals surface area (Å²) in [6, 6.07) is 13.6. The van der Waals surface area contributed by atoms with E-state index in [1.165, 1.54) is 6.07 Å². The van der Waals surface area contributed by atoms with E-state index >= 15 is 0 Å². The van der Waals surface area contributed by atoms with E-state index in [0.29, 0.717) is 30.2 Å². The number of rotatable bonds is 3. The molecule has 0 unspecified atom stereocenters. The first kappa shape index (κ1) is 16.0. The minimum atomic E-state index is -0.209. The number of hydrogen-bond acceptors (Lipinski definition) is 2. The SMILES string of the molecule is O=C(c1ccc(Cl)cc1)N1CCN(Cc2cccc(F)c2)CC1. The molecule has 2 aromatic carbocycles. The Labute approximate surface area is 140 Å². The normalized spacial score (nSPS) is 15.7. The molecule has 3 nitrogen and oxygen atoms in total. The van der Waals surface area contributed by atoms with Gasteiger partial charge in [0.2, 0.25) is 0 Å². The van der Waals surface area contributed by atoms with Crippen LogP contribution in [0.1, 0.15) is 15.9 Å². The molecule has 0 atom stereocenters. The maximum Gasteiger partial charge on any atom is 0.253 e. The lowest BCUT2D eigenvalue weighted by atomic mass is 10.1. The van der Waals surface area contributed by atoms with Crippen molar-refractivity contribution in [2.45, 2.75) is 6.54 Å². The van der Waals surface area contributed by atoms with Gasteiger partial charge in [0.25, 0.3) is 5.91 Å². The van der Waals surface area contributed by atoms with Gasteiger partial charge in [-0.15, -0.1) is 0 Å². The van der Waals surface area contributed by atoms with Crippen LogP contribution in [0.5, 0.6) is 0 Å². The number of amides is 1. The molecule has 0 saturated carbocycles.